The molecule has 1 heterocycles. The van der Waals surface area contributed by atoms with E-state index in [1.165, 1.54) is 12.1 Å². The third-order valence-electron chi connectivity index (χ3n) is 4.43. The highest BCUT2D eigenvalue weighted by Crippen LogP contribution is 2.25. The third-order valence-corrected chi connectivity index (χ3v) is 4.43. The van der Waals surface area contributed by atoms with Crippen LogP contribution in [-0.2, 0) is 17.8 Å². The highest BCUT2D eigenvalue weighted by molar-refractivity contribution is 6.07. The molecule has 4 rings (SSSR count). The van der Waals surface area contributed by atoms with Crippen molar-refractivity contribution in [2.45, 2.75) is 13.0 Å². The van der Waals surface area contributed by atoms with Gasteiger partial charge in [-0.15, -0.1) is 0 Å². The van der Waals surface area contributed by atoms with Crippen LogP contribution in [0.5, 0.6) is 0 Å². The van der Waals surface area contributed by atoms with E-state index in [4.69, 9.17) is 0 Å². The van der Waals surface area contributed by atoms with Gasteiger partial charge in [-0.3, -0.25) is 4.79 Å². The number of hydrogen-bond acceptors (Lipinski definition) is 1. The number of aromatic nitrogens is 1. The number of carbonyl (C=O) groups is 1. The molecule has 26 heavy (non-hydrogen) atoms. The van der Waals surface area contributed by atoms with Gasteiger partial charge in [-0.1, -0.05) is 36.4 Å². The summed E-state index contributed by atoms with van der Waals surface area (Å²) in [5.41, 5.74) is 3.14. The fraction of sp³-hybridized carbons (Fsp3) is 0.0952. The zero-order valence-corrected chi connectivity index (χ0v) is 13.9. The van der Waals surface area contributed by atoms with E-state index < -0.39 is 11.6 Å². The van der Waals surface area contributed by atoms with Gasteiger partial charge in [0.15, 0.2) is 0 Å². The normalized spacial score (nSPS) is 11.2. The van der Waals surface area contributed by atoms with Crippen LogP contribution in [0.4, 0.5) is 8.78 Å². The zero-order valence-electron chi connectivity index (χ0n) is 13.9. The van der Waals surface area contributed by atoms with Gasteiger partial charge in [-0.2, -0.15) is 0 Å². The molecule has 5 heteroatoms. The summed E-state index contributed by atoms with van der Waals surface area (Å²) in [5, 5.41) is 4.92. The first-order chi connectivity index (χ1) is 12.6. The van der Waals surface area contributed by atoms with Crippen molar-refractivity contribution in [3.8, 4) is 0 Å². The first-order valence-electron chi connectivity index (χ1n) is 8.30. The van der Waals surface area contributed by atoms with Crippen LogP contribution in [0.15, 0.2) is 60.7 Å². The summed E-state index contributed by atoms with van der Waals surface area (Å²) in [6.45, 7) is 0.0274. The molecule has 3 nitrogen and oxygen atoms in total. The molecule has 0 spiro atoms. The van der Waals surface area contributed by atoms with Crippen molar-refractivity contribution in [2.75, 3.05) is 0 Å². The van der Waals surface area contributed by atoms with Crippen molar-refractivity contribution in [1.29, 1.82) is 0 Å². The number of halogens is 2. The molecule has 0 fully saturated rings. The Morgan fingerprint density at radius 2 is 1.73 bits per heavy atom. The van der Waals surface area contributed by atoms with E-state index >= 15 is 0 Å². The van der Waals surface area contributed by atoms with E-state index in [1.807, 2.05) is 36.4 Å². The van der Waals surface area contributed by atoms with Gasteiger partial charge in [0.2, 0.25) is 5.91 Å². The van der Waals surface area contributed by atoms with Crippen LogP contribution in [0.1, 0.15) is 11.1 Å². The summed E-state index contributed by atoms with van der Waals surface area (Å²) >= 11 is 0. The smallest absolute Gasteiger partial charge is 0.224 e. The largest absolute Gasteiger partial charge is 0.355 e. The molecule has 0 saturated heterocycles. The monoisotopic (exact) mass is 350 g/mol. The molecule has 0 saturated carbocycles. The first kappa shape index (κ1) is 16.3. The Morgan fingerprint density at radius 1 is 0.923 bits per heavy atom. The molecule has 0 unspecified atom stereocenters. The molecule has 2 N–H and O–H groups in total. The maximum absolute atomic E-state index is 13.6. The van der Waals surface area contributed by atoms with Crippen LogP contribution in [0, 0.1) is 11.6 Å². The number of rotatable bonds is 4. The first-order valence-corrected chi connectivity index (χ1v) is 8.30. The standard InChI is InChI=1S/C21H16F2N2O/c22-15-7-6-14(18(23)11-15)12-24-21(26)10-13-5-8-17-16-3-1-2-4-19(16)25-20(17)9-13/h1-9,11,25H,10,12H2,(H,24,26). The second-order valence-electron chi connectivity index (χ2n) is 6.24. The second-order valence-corrected chi connectivity index (χ2v) is 6.24. The van der Waals surface area contributed by atoms with E-state index in [0.717, 1.165) is 33.4 Å². The lowest BCUT2D eigenvalue weighted by atomic mass is 10.1. The number of para-hydroxylation sites is 1. The molecular weight excluding hydrogens is 334 g/mol. The third kappa shape index (κ3) is 3.16. The highest BCUT2D eigenvalue weighted by atomic mass is 19.1. The number of carbonyl (C=O) groups excluding carboxylic acids is 1. The van der Waals surface area contributed by atoms with Crippen molar-refractivity contribution < 1.29 is 13.6 Å². The van der Waals surface area contributed by atoms with Crippen LogP contribution < -0.4 is 5.32 Å². The highest BCUT2D eigenvalue weighted by Gasteiger charge is 2.09. The minimum absolute atomic E-state index is 0.0274. The van der Waals surface area contributed by atoms with Gasteiger partial charge < -0.3 is 10.3 Å². The number of aromatic amines is 1. The molecule has 0 aliphatic carbocycles. The van der Waals surface area contributed by atoms with Crippen molar-refractivity contribution >= 4 is 27.7 Å². The number of H-pyrrole nitrogens is 1. The van der Waals surface area contributed by atoms with E-state index in [9.17, 15) is 13.6 Å². The number of benzene rings is 3. The topological polar surface area (TPSA) is 44.9 Å². The molecule has 0 aliphatic heterocycles. The molecule has 0 bridgehead atoms. The van der Waals surface area contributed by atoms with Crippen molar-refractivity contribution in [2.24, 2.45) is 0 Å². The number of amides is 1. The predicted molar refractivity (Wildman–Crippen MR) is 97.7 cm³/mol. The van der Waals surface area contributed by atoms with Gasteiger partial charge in [-0.25, -0.2) is 8.78 Å². The molecule has 4 aromatic rings. The fourth-order valence-corrected chi connectivity index (χ4v) is 3.12. The van der Waals surface area contributed by atoms with Crippen LogP contribution >= 0.6 is 0 Å². The average Bonchev–Trinajstić information content (AvgIpc) is 2.98. The Bertz CT molecular complexity index is 1120. The summed E-state index contributed by atoms with van der Waals surface area (Å²) in [4.78, 5) is 15.5. The van der Waals surface area contributed by atoms with Gasteiger partial charge in [0, 0.05) is 40.0 Å². The lowest BCUT2D eigenvalue weighted by Crippen LogP contribution is -2.25. The Labute approximate surface area is 148 Å². The van der Waals surface area contributed by atoms with E-state index in [2.05, 4.69) is 16.4 Å². The van der Waals surface area contributed by atoms with Gasteiger partial charge in [0.25, 0.3) is 0 Å². The lowest BCUT2D eigenvalue weighted by molar-refractivity contribution is -0.120. The van der Waals surface area contributed by atoms with Gasteiger partial charge in [0.05, 0.1) is 6.42 Å². The summed E-state index contributed by atoms with van der Waals surface area (Å²) in [6, 6.07) is 17.2. The average molecular weight is 350 g/mol. The molecule has 0 atom stereocenters. The Hall–Kier alpha value is -3.21. The lowest BCUT2D eigenvalue weighted by Gasteiger charge is -2.07. The Balaban J connectivity index is 1.47. The number of fused-ring (bicyclic) bond motifs is 3. The van der Waals surface area contributed by atoms with Crippen LogP contribution in [-0.4, -0.2) is 10.9 Å². The van der Waals surface area contributed by atoms with Crippen LogP contribution in [0.25, 0.3) is 21.8 Å². The Morgan fingerprint density at radius 3 is 2.58 bits per heavy atom. The summed E-state index contributed by atoms with van der Waals surface area (Å²) in [7, 11) is 0. The number of nitrogens with one attached hydrogen (secondary N) is 2. The number of hydrogen-bond donors (Lipinski definition) is 2. The fourth-order valence-electron chi connectivity index (χ4n) is 3.12. The quantitative estimate of drug-likeness (QED) is 0.561. The second kappa shape index (κ2) is 6.59. The SMILES string of the molecule is O=C(Cc1ccc2c(c1)[nH]c1ccccc12)NCc1ccc(F)cc1F. The minimum Gasteiger partial charge on any atom is -0.355 e. The minimum atomic E-state index is -0.662. The zero-order chi connectivity index (χ0) is 18.1. The molecule has 130 valence electrons. The van der Waals surface area contributed by atoms with Gasteiger partial charge in [-0.05, 0) is 23.8 Å². The van der Waals surface area contributed by atoms with Crippen LogP contribution in [0.2, 0.25) is 0 Å². The molecule has 3 aromatic carbocycles. The van der Waals surface area contributed by atoms with E-state index in [1.54, 1.807) is 0 Å². The maximum atomic E-state index is 13.6. The van der Waals surface area contributed by atoms with E-state index in [0.29, 0.717) is 0 Å². The molecule has 1 amide bonds. The molecular formula is C21H16F2N2O. The summed E-state index contributed by atoms with van der Waals surface area (Å²) in [6.07, 6.45) is 0.189. The predicted octanol–water partition coefficient (Wildman–Crippen LogP) is 4.46. The van der Waals surface area contributed by atoms with Crippen molar-refractivity contribution in [3.63, 3.8) is 0 Å². The molecule has 0 aliphatic rings. The van der Waals surface area contributed by atoms with Gasteiger partial charge >= 0.3 is 0 Å². The van der Waals surface area contributed by atoms with Gasteiger partial charge in [0.1, 0.15) is 11.6 Å². The summed E-state index contributed by atoms with van der Waals surface area (Å²) in [5.74, 6) is -1.52. The van der Waals surface area contributed by atoms with Crippen molar-refractivity contribution in [1.82, 2.24) is 10.3 Å². The molecule has 0 radical (unpaired) electrons. The van der Waals surface area contributed by atoms with E-state index in [-0.39, 0.29) is 24.4 Å². The van der Waals surface area contributed by atoms with Crippen LogP contribution in [0.3, 0.4) is 0 Å². The summed E-state index contributed by atoms with van der Waals surface area (Å²) < 4.78 is 26.5. The molecule has 1 aromatic heterocycles. The maximum Gasteiger partial charge on any atom is 0.224 e. The Kier molecular flexibility index (Phi) is 4.13. The van der Waals surface area contributed by atoms with Crippen molar-refractivity contribution in [3.05, 3.63) is 83.4 Å².